The van der Waals surface area contributed by atoms with Crippen LogP contribution in [0.25, 0.3) is 11.1 Å². The van der Waals surface area contributed by atoms with E-state index >= 15 is 0 Å². The zero-order chi connectivity index (χ0) is 24.3. The Bertz CT molecular complexity index is 1030. The lowest BCUT2D eigenvalue weighted by atomic mass is 10.0. The summed E-state index contributed by atoms with van der Waals surface area (Å²) in [4.78, 5) is 15.0. The Morgan fingerprint density at radius 1 is 1.25 bits per heavy atom. The number of nitrogens with zero attached hydrogens (tertiary/aromatic N) is 2. The van der Waals surface area contributed by atoms with E-state index < -0.39 is 18.7 Å². The summed E-state index contributed by atoms with van der Waals surface area (Å²) >= 11 is 5.29. The normalized spacial score (nSPS) is 11.6. The molecule has 0 fully saturated rings. The van der Waals surface area contributed by atoms with Crippen LogP contribution in [0, 0.1) is 11.3 Å². The van der Waals surface area contributed by atoms with Gasteiger partial charge in [-0.15, -0.1) is 0 Å². The monoisotopic (exact) mass is 468 g/mol. The van der Waals surface area contributed by atoms with E-state index in [1.807, 2.05) is 6.07 Å². The zero-order valence-corrected chi connectivity index (χ0v) is 17.5. The third-order valence-corrected chi connectivity index (χ3v) is 3.67. The molecule has 1 amide bonds. The van der Waals surface area contributed by atoms with Gasteiger partial charge in [-0.05, 0) is 35.9 Å². The predicted octanol–water partition coefficient (Wildman–Crippen LogP) is 2.71. The molecule has 2 rings (SSSR count). The number of ether oxygens (including phenoxy) is 1. The van der Waals surface area contributed by atoms with Gasteiger partial charge in [0.2, 0.25) is 11.8 Å². The summed E-state index contributed by atoms with van der Waals surface area (Å²) in [7, 11) is 1.71. The third kappa shape index (κ3) is 9.27. The first-order valence-corrected chi connectivity index (χ1v) is 9.10. The number of halogens is 4. The standard InChI is InChI=1S/C15H10F3N3O2.C5H10ClN3/c16-15(17,18)8-23-14-12(5-11(7-21-14)13(20)22)10-3-1-9(6-19)2-4-10;1-9-5(8)3-2-4(6)7/h1-5,7H,8H2,(H2,20,22);2-3,9H,7-8H2,1H3/b;4-2-,5-3+. The Morgan fingerprint density at radius 2 is 1.88 bits per heavy atom. The lowest BCUT2D eigenvalue weighted by Crippen LogP contribution is -2.20. The number of nitriles is 1. The predicted molar refractivity (Wildman–Crippen MR) is 114 cm³/mol. The molecule has 12 heteroatoms. The van der Waals surface area contributed by atoms with Crippen molar-refractivity contribution in [1.82, 2.24) is 10.3 Å². The highest BCUT2D eigenvalue weighted by atomic mass is 35.5. The average Bonchev–Trinajstić information content (AvgIpc) is 2.75. The first-order chi connectivity index (χ1) is 15.0. The Balaban J connectivity index is 0.000000482. The number of aromatic nitrogens is 1. The molecule has 0 atom stereocenters. The molecule has 8 nitrogen and oxygen atoms in total. The van der Waals surface area contributed by atoms with Crippen LogP contribution in [0.4, 0.5) is 13.2 Å². The van der Waals surface area contributed by atoms with Crippen LogP contribution in [0.3, 0.4) is 0 Å². The lowest BCUT2D eigenvalue weighted by Gasteiger charge is -2.13. The molecule has 0 saturated carbocycles. The number of primary amides is 1. The van der Waals surface area contributed by atoms with Crippen molar-refractivity contribution in [1.29, 1.82) is 5.26 Å². The van der Waals surface area contributed by atoms with Crippen LogP contribution >= 0.6 is 11.6 Å². The highest BCUT2D eigenvalue weighted by Gasteiger charge is 2.29. The van der Waals surface area contributed by atoms with E-state index in [-0.39, 0.29) is 22.2 Å². The van der Waals surface area contributed by atoms with Crippen molar-refractivity contribution < 1.29 is 22.7 Å². The Kier molecular flexibility index (Phi) is 9.85. The van der Waals surface area contributed by atoms with Crippen LogP contribution < -0.4 is 27.3 Å². The van der Waals surface area contributed by atoms with Crippen LogP contribution in [0.15, 0.2) is 59.7 Å². The minimum absolute atomic E-state index is 0.0312. The maximum Gasteiger partial charge on any atom is 0.422 e. The van der Waals surface area contributed by atoms with Crippen LogP contribution in [-0.4, -0.2) is 30.7 Å². The minimum atomic E-state index is -4.52. The van der Waals surface area contributed by atoms with Gasteiger partial charge < -0.3 is 27.3 Å². The maximum absolute atomic E-state index is 12.3. The number of pyridine rings is 1. The van der Waals surface area contributed by atoms with Gasteiger partial charge in [0.05, 0.1) is 28.2 Å². The fraction of sp³-hybridized carbons (Fsp3) is 0.150. The van der Waals surface area contributed by atoms with E-state index in [1.165, 1.54) is 36.4 Å². The average molecular weight is 469 g/mol. The number of rotatable bonds is 6. The Hall–Kier alpha value is -3.91. The number of allylic oxidation sites excluding steroid dienone is 2. The molecule has 0 spiro atoms. The number of hydrogen-bond acceptors (Lipinski definition) is 7. The molecule has 170 valence electrons. The third-order valence-electron chi connectivity index (χ3n) is 3.54. The van der Waals surface area contributed by atoms with Crippen molar-refractivity contribution in [3.05, 3.63) is 70.8 Å². The van der Waals surface area contributed by atoms with Crippen LogP contribution in [-0.2, 0) is 0 Å². The van der Waals surface area contributed by atoms with Crippen molar-refractivity contribution in [3.8, 4) is 23.1 Å². The summed E-state index contributed by atoms with van der Waals surface area (Å²) in [6.07, 6.45) is -0.386. The smallest absolute Gasteiger partial charge is 0.422 e. The van der Waals surface area contributed by atoms with Crippen molar-refractivity contribution in [3.63, 3.8) is 0 Å². The second-order valence-corrected chi connectivity index (χ2v) is 6.39. The molecular weight excluding hydrogens is 449 g/mol. The number of nitrogens with two attached hydrogens (primary N) is 3. The van der Waals surface area contributed by atoms with Crippen molar-refractivity contribution >= 4 is 17.5 Å². The van der Waals surface area contributed by atoms with Gasteiger partial charge in [0.25, 0.3) is 0 Å². The quantitative estimate of drug-likeness (QED) is 0.375. The van der Waals surface area contributed by atoms with Crippen LogP contribution in [0.2, 0.25) is 0 Å². The second kappa shape index (κ2) is 12.1. The van der Waals surface area contributed by atoms with E-state index in [2.05, 4.69) is 10.3 Å². The molecular formula is C20H20ClF3N6O2. The first-order valence-electron chi connectivity index (χ1n) is 8.73. The molecule has 1 aromatic heterocycles. The summed E-state index contributed by atoms with van der Waals surface area (Å²) in [5, 5.41) is 11.7. The lowest BCUT2D eigenvalue weighted by molar-refractivity contribution is -0.154. The van der Waals surface area contributed by atoms with Crippen LogP contribution in [0.5, 0.6) is 5.88 Å². The topological polar surface area (TPSA) is 153 Å². The molecule has 0 bridgehead atoms. The van der Waals surface area contributed by atoms with Crippen molar-refractivity contribution in [2.75, 3.05) is 13.7 Å². The zero-order valence-electron chi connectivity index (χ0n) is 16.8. The number of hydrogen-bond donors (Lipinski definition) is 4. The Labute approximate surface area is 187 Å². The number of alkyl halides is 3. The highest BCUT2D eigenvalue weighted by molar-refractivity contribution is 6.29. The van der Waals surface area contributed by atoms with Gasteiger partial charge in [-0.1, -0.05) is 23.7 Å². The summed E-state index contributed by atoms with van der Waals surface area (Å²) in [5.41, 5.74) is 16.6. The number of nitrogens with one attached hydrogen (secondary N) is 1. The molecule has 0 saturated heterocycles. The van der Waals surface area contributed by atoms with Crippen molar-refractivity contribution in [2.24, 2.45) is 17.2 Å². The van der Waals surface area contributed by atoms with E-state index in [9.17, 15) is 18.0 Å². The van der Waals surface area contributed by atoms with E-state index in [1.54, 1.807) is 13.1 Å². The highest BCUT2D eigenvalue weighted by Crippen LogP contribution is 2.30. The van der Waals surface area contributed by atoms with E-state index in [4.69, 9.17) is 38.8 Å². The summed E-state index contributed by atoms with van der Waals surface area (Å²) in [5.74, 6) is -0.523. The first kappa shape index (κ1) is 26.1. The van der Waals surface area contributed by atoms with Gasteiger partial charge >= 0.3 is 6.18 Å². The number of benzene rings is 1. The number of carbonyl (C=O) groups is 1. The van der Waals surface area contributed by atoms with Crippen molar-refractivity contribution in [2.45, 2.75) is 6.18 Å². The molecule has 0 aliphatic heterocycles. The largest absolute Gasteiger partial charge is 0.468 e. The number of amides is 1. The molecule has 7 N–H and O–H groups in total. The van der Waals surface area contributed by atoms with Gasteiger partial charge in [0.15, 0.2) is 6.61 Å². The second-order valence-electron chi connectivity index (χ2n) is 5.96. The summed E-state index contributed by atoms with van der Waals surface area (Å²) in [6, 6.07) is 9.22. The molecule has 0 aliphatic carbocycles. The minimum Gasteiger partial charge on any atom is -0.468 e. The molecule has 0 radical (unpaired) electrons. The fourth-order valence-electron chi connectivity index (χ4n) is 2.04. The van der Waals surface area contributed by atoms with Gasteiger partial charge in [-0.3, -0.25) is 4.79 Å². The van der Waals surface area contributed by atoms with Gasteiger partial charge in [0, 0.05) is 18.8 Å². The molecule has 32 heavy (non-hydrogen) atoms. The summed E-state index contributed by atoms with van der Waals surface area (Å²) < 4.78 is 41.7. The fourth-order valence-corrected chi connectivity index (χ4v) is 2.10. The van der Waals surface area contributed by atoms with Gasteiger partial charge in [0.1, 0.15) is 0 Å². The van der Waals surface area contributed by atoms with Gasteiger partial charge in [-0.2, -0.15) is 18.4 Å². The molecule has 0 unspecified atom stereocenters. The van der Waals surface area contributed by atoms with E-state index in [0.29, 0.717) is 16.9 Å². The molecule has 1 heterocycles. The van der Waals surface area contributed by atoms with Gasteiger partial charge in [-0.25, -0.2) is 4.98 Å². The molecule has 1 aromatic carbocycles. The molecule has 2 aromatic rings. The van der Waals surface area contributed by atoms with Crippen LogP contribution in [0.1, 0.15) is 15.9 Å². The van der Waals surface area contributed by atoms with E-state index in [0.717, 1.165) is 6.20 Å². The Morgan fingerprint density at radius 3 is 2.34 bits per heavy atom. The molecule has 0 aliphatic rings. The summed E-state index contributed by atoms with van der Waals surface area (Å²) in [6.45, 7) is -1.51. The number of carbonyl (C=O) groups excluding carboxylic acids is 1. The maximum atomic E-state index is 12.3. The SMILES string of the molecule is CN/C(N)=C/C=C(\N)Cl.N#Cc1ccc(-c2cc(C(N)=O)cnc2OCC(F)(F)F)cc1.